The van der Waals surface area contributed by atoms with Crippen molar-refractivity contribution >= 4 is 17.4 Å². The van der Waals surface area contributed by atoms with Crippen LogP contribution in [0.4, 0.5) is 8.78 Å². The molecular weight excluding hydrogens is 258 g/mol. The maximum atomic E-state index is 13.7. The molecule has 0 bridgehead atoms. The lowest BCUT2D eigenvalue weighted by Crippen LogP contribution is -1.94. The summed E-state index contributed by atoms with van der Waals surface area (Å²) < 4.78 is 26.7. The maximum absolute atomic E-state index is 13.7. The van der Waals surface area contributed by atoms with Crippen molar-refractivity contribution in [2.75, 3.05) is 0 Å². The molecule has 0 saturated carbocycles. The van der Waals surface area contributed by atoms with E-state index >= 15 is 0 Å². The van der Waals surface area contributed by atoms with Gasteiger partial charge in [0.1, 0.15) is 11.6 Å². The third-order valence-electron chi connectivity index (χ3n) is 2.60. The Bertz CT molecular complexity index is 623. The summed E-state index contributed by atoms with van der Waals surface area (Å²) in [4.78, 5) is 11.3. The van der Waals surface area contributed by atoms with Gasteiger partial charge in [0.25, 0.3) is 0 Å². The van der Waals surface area contributed by atoms with Gasteiger partial charge in [-0.1, -0.05) is 17.7 Å². The van der Waals surface area contributed by atoms with E-state index in [0.717, 1.165) is 6.07 Å². The van der Waals surface area contributed by atoms with Crippen LogP contribution in [-0.4, -0.2) is 5.78 Å². The number of rotatable bonds is 2. The highest BCUT2D eigenvalue weighted by Gasteiger charge is 2.10. The van der Waals surface area contributed by atoms with Crippen LogP contribution in [0.2, 0.25) is 5.02 Å². The van der Waals surface area contributed by atoms with Crippen LogP contribution in [0.15, 0.2) is 36.4 Å². The van der Waals surface area contributed by atoms with E-state index in [1.54, 1.807) is 0 Å². The fourth-order valence-electron chi connectivity index (χ4n) is 1.63. The van der Waals surface area contributed by atoms with Crippen molar-refractivity contribution in [2.45, 2.75) is 6.92 Å². The maximum Gasteiger partial charge on any atom is 0.159 e. The van der Waals surface area contributed by atoms with Gasteiger partial charge in [-0.25, -0.2) is 8.78 Å². The first-order valence-electron chi connectivity index (χ1n) is 5.25. The second-order valence-electron chi connectivity index (χ2n) is 3.88. The number of carbonyl (C=O) groups excluding carboxylic acids is 1. The second kappa shape index (κ2) is 4.86. The summed E-state index contributed by atoms with van der Waals surface area (Å²) in [5, 5.41) is -0.0832. The van der Waals surface area contributed by atoms with E-state index in [1.807, 2.05) is 0 Å². The van der Waals surface area contributed by atoms with Crippen LogP contribution < -0.4 is 0 Å². The molecule has 2 aromatic carbocycles. The molecule has 0 aliphatic heterocycles. The standard InChI is InChI=1S/C14H9ClF2O/c1-8(18)9-2-4-13(16)11(6-9)10-3-5-14(17)12(15)7-10/h2-7H,1H3. The Balaban J connectivity index is 2.58. The number of carbonyl (C=O) groups is 1. The highest BCUT2D eigenvalue weighted by Crippen LogP contribution is 2.28. The van der Waals surface area contributed by atoms with E-state index in [9.17, 15) is 13.6 Å². The zero-order valence-corrected chi connectivity index (χ0v) is 10.3. The van der Waals surface area contributed by atoms with Gasteiger partial charge >= 0.3 is 0 Å². The van der Waals surface area contributed by atoms with Gasteiger partial charge in [-0.15, -0.1) is 0 Å². The van der Waals surface area contributed by atoms with Crippen molar-refractivity contribution in [3.05, 3.63) is 58.6 Å². The van der Waals surface area contributed by atoms with E-state index in [0.29, 0.717) is 11.1 Å². The van der Waals surface area contributed by atoms with Crippen molar-refractivity contribution in [3.63, 3.8) is 0 Å². The Labute approximate surface area is 108 Å². The van der Waals surface area contributed by atoms with Crippen molar-refractivity contribution in [3.8, 4) is 11.1 Å². The lowest BCUT2D eigenvalue weighted by molar-refractivity contribution is 0.101. The lowest BCUT2D eigenvalue weighted by atomic mass is 10.0. The number of hydrogen-bond donors (Lipinski definition) is 0. The van der Waals surface area contributed by atoms with Crippen LogP contribution in [0, 0.1) is 11.6 Å². The highest BCUT2D eigenvalue weighted by atomic mass is 35.5. The Morgan fingerprint density at radius 1 is 1.06 bits per heavy atom. The third kappa shape index (κ3) is 2.41. The number of ketones is 1. The zero-order chi connectivity index (χ0) is 13.3. The summed E-state index contributed by atoms with van der Waals surface area (Å²) in [5.41, 5.74) is 1.05. The molecule has 0 aliphatic carbocycles. The molecular formula is C14H9ClF2O. The summed E-state index contributed by atoms with van der Waals surface area (Å²) in [6.45, 7) is 1.40. The molecule has 0 N–H and O–H groups in total. The molecule has 0 atom stereocenters. The zero-order valence-electron chi connectivity index (χ0n) is 9.51. The van der Waals surface area contributed by atoms with Crippen LogP contribution in [0.25, 0.3) is 11.1 Å². The van der Waals surface area contributed by atoms with Gasteiger partial charge in [-0.05, 0) is 42.8 Å². The van der Waals surface area contributed by atoms with E-state index in [4.69, 9.17) is 11.6 Å². The Morgan fingerprint density at radius 2 is 1.72 bits per heavy atom. The molecule has 0 aromatic heterocycles. The molecule has 0 aliphatic rings. The number of hydrogen-bond acceptors (Lipinski definition) is 1. The van der Waals surface area contributed by atoms with Crippen LogP contribution in [-0.2, 0) is 0 Å². The molecule has 0 amide bonds. The molecule has 0 fully saturated rings. The monoisotopic (exact) mass is 266 g/mol. The summed E-state index contributed by atoms with van der Waals surface area (Å²) in [5.74, 6) is -1.21. The van der Waals surface area contributed by atoms with Gasteiger partial charge in [0, 0.05) is 11.1 Å². The first kappa shape index (κ1) is 12.7. The van der Waals surface area contributed by atoms with Crippen LogP contribution in [0.5, 0.6) is 0 Å². The van der Waals surface area contributed by atoms with Gasteiger partial charge in [0.2, 0.25) is 0 Å². The molecule has 2 aromatic rings. The van der Waals surface area contributed by atoms with Crippen LogP contribution in [0.3, 0.4) is 0 Å². The predicted molar refractivity (Wildman–Crippen MR) is 66.8 cm³/mol. The molecule has 0 unspecified atom stereocenters. The van der Waals surface area contributed by atoms with E-state index in [1.165, 1.54) is 37.3 Å². The van der Waals surface area contributed by atoms with Gasteiger partial charge in [-0.3, -0.25) is 4.79 Å². The lowest BCUT2D eigenvalue weighted by Gasteiger charge is -2.06. The minimum atomic E-state index is -0.566. The topological polar surface area (TPSA) is 17.1 Å². The molecule has 1 nitrogen and oxygen atoms in total. The van der Waals surface area contributed by atoms with Gasteiger partial charge in [0.15, 0.2) is 5.78 Å². The van der Waals surface area contributed by atoms with Gasteiger partial charge in [0.05, 0.1) is 5.02 Å². The van der Waals surface area contributed by atoms with Crippen molar-refractivity contribution in [1.82, 2.24) is 0 Å². The molecule has 0 radical (unpaired) electrons. The van der Waals surface area contributed by atoms with Crippen molar-refractivity contribution < 1.29 is 13.6 Å². The second-order valence-corrected chi connectivity index (χ2v) is 4.29. The van der Waals surface area contributed by atoms with Crippen molar-refractivity contribution in [2.24, 2.45) is 0 Å². The molecule has 0 spiro atoms. The van der Waals surface area contributed by atoms with E-state index in [-0.39, 0.29) is 16.4 Å². The summed E-state index contributed by atoms with van der Waals surface area (Å²) >= 11 is 5.65. The minimum Gasteiger partial charge on any atom is -0.295 e. The van der Waals surface area contributed by atoms with Gasteiger partial charge in [-0.2, -0.15) is 0 Å². The van der Waals surface area contributed by atoms with Crippen molar-refractivity contribution in [1.29, 1.82) is 0 Å². The average molecular weight is 267 g/mol. The number of benzene rings is 2. The largest absolute Gasteiger partial charge is 0.295 e. The third-order valence-corrected chi connectivity index (χ3v) is 2.89. The Kier molecular flexibility index (Phi) is 3.43. The molecule has 92 valence electrons. The summed E-state index contributed by atoms with van der Waals surface area (Å²) in [7, 11) is 0. The Morgan fingerprint density at radius 3 is 2.33 bits per heavy atom. The molecule has 4 heteroatoms. The molecule has 18 heavy (non-hydrogen) atoms. The van der Waals surface area contributed by atoms with Gasteiger partial charge < -0.3 is 0 Å². The highest BCUT2D eigenvalue weighted by molar-refractivity contribution is 6.31. The fourth-order valence-corrected chi connectivity index (χ4v) is 1.81. The van der Waals surface area contributed by atoms with Crippen LogP contribution in [0.1, 0.15) is 17.3 Å². The fraction of sp³-hybridized carbons (Fsp3) is 0.0714. The molecule has 0 heterocycles. The Hall–Kier alpha value is -1.74. The molecule has 2 rings (SSSR count). The quantitative estimate of drug-likeness (QED) is 0.732. The summed E-state index contributed by atoms with van der Waals surface area (Å²) in [6.07, 6.45) is 0. The predicted octanol–water partition coefficient (Wildman–Crippen LogP) is 4.49. The number of Topliss-reactive ketones (excluding diaryl/α,β-unsaturated/α-hetero) is 1. The smallest absolute Gasteiger partial charge is 0.159 e. The average Bonchev–Trinajstić information content (AvgIpc) is 2.33. The first-order valence-corrected chi connectivity index (χ1v) is 5.63. The molecule has 0 saturated heterocycles. The first-order chi connectivity index (χ1) is 8.49. The summed E-state index contributed by atoms with van der Waals surface area (Å²) in [6, 6.07) is 7.97. The van der Waals surface area contributed by atoms with E-state index in [2.05, 4.69) is 0 Å². The normalized spacial score (nSPS) is 10.4. The minimum absolute atomic E-state index is 0.0832. The number of halogens is 3. The SMILES string of the molecule is CC(=O)c1ccc(F)c(-c2ccc(F)c(Cl)c2)c1. The van der Waals surface area contributed by atoms with Crippen LogP contribution >= 0.6 is 11.6 Å². The van der Waals surface area contributed by atoms with E-state index < -0.39 is 11.6 Å².